The van der Waals surface area contributed by atoms with E-state index in [9.17, 15) is 18.0 Å². The highest BCUT2D eigenvalue weighted by Gasteiger charge is 2.47. The van der Waals surface area contributed by atoms with Crippen LogP contribution in [0.3, 0.4) is 0 Å². The Bertz CT molecular complexity index is 953. The molecule has 2 aromatic heterocycles. The number of carbonyl (C=O) groups is 1. The number of nitrogens with zero attached hydrogens (tertiary/aromatic N) is 5. The van der Waals surface area contributed by atoms with Gasteiger partial charge in [-0.3, -0.25) is 10.2 Å². The predicted octanol–water partition coefficient (Wildman–Crippen LogP) is 3.64. The summed E-state index contributed by atoms with van der Waals surface area (Å²) in [5.41, 5.74) is 0.770. The highest BCUT2D eigenvalue weighted by Crippen LogP contribution is 2.42. The molecule has 3 aliphatic heterocycles. The van der Waals surface area contributed by atoms with Crippen LogP contribution in [0.15, 0.2) is 36.5 Å². The van der Waals surface area contributed by atoms with Crippen molar-refractivity contribution < 1.29 is 18.0 Å². The third-order valence-electron chi connectivity index (χ3n) is 5.98. The van der Waals surface area contributed by atoms with Crippen LogP contribution in [0.2, 0.25) is 0 Å². The lowest BCUT2D eigenvalue weighted by molar-refractivity contribution is -0.146. The Morgan fingerprint density at radius 3 is 2.77 bits per heavy atom. The van der Waals surface area contributed by atoms with Gasteiger partial charge >= 0.3 is 12.2 Å². The van der Waals surface area contributed by atoms with Gasteiger partial charge in [-0.1, -0.05) is 6.07 Å². The zero-order valence-corrected chi connectivity index (χ0v) is 16.1. The number of nitrogens with one attached hydrogen (secondary N) is 1. The fraction of sp³-hybridized carbons (Fsp3) is 0.450. The van der Waals surface area contributed by atoms with Gasteiger partial charge in [0.2, 0.25) is 0 Å². The lowest BCUT2D eigenvalue weighted by Crippen LogP contribution is -2.49. The highest BCUT2D eigenvalue weighted by molar-refractivity contribution is 6.04. The molecule has 158 valence electrons. The first-order valence-corrected chi connectivity index (χ1v) is 10.0. The number of carbonyl (C=O) groups excluding carboxylic acids is 1. The van der Waals surface area contributed by atoms with Crippen molar-refractivity contribution in [1.82, 2.24) is 9.97 Å². The molecule has 2 amide bonds. The molecule has 0 aliphatic carbocycles. The fourth-order valence-electron chi connectivity index (χ4n) is 4.61. The van der Waals surface area contributed by atoms with Gasteiger partial charge in [0, 0.05) is 25.8 Å². The van der Waals surface area contributed by atoms with Crippen LogP contribution in [-0.4, -0.2) is 53.9 Å². The van der Waals surface area contributed by atoms with Crippen molar-refractivity contribution in [3.8, 4) is 0 Å². The average Bonchev–Trinajstić information content (AvgIpc) is 3.37. The summed E-state index contributed by atoms with van der Waals surface area (Å²) in [4.78, 5) is 26.8. The number of alkyl halides is 3. The van der Waals surface area contributed by atoms with E-state index in [1.807, 2.05) is 0 Å². The van der Waals surface area contributed by atoms with Gasteiger partial charge < -0.3 is 9.80 Å². The van der Waals surface area contributed by atoms with E-state index < -0.39 is 12.2 Å². The van der Waals surface area contributed by atoms with E-state index >= 15 is 0 Å². The normalized spacial score (nSPS) is 23.0. The number of fused-ring (bicyclic) bond motifs is 4. The van der Waals surface area contributed by atoms with Gasteiger partial charge in [-0.15, -0.1) is 0 Å². The van der Waals surface area contributed by atoms with Crippen molar-refractivity contribution in [3.05, 3.63) is 36.5 Å². The van der Waals surface area contributed by atoms with E-state index in [0.29, 0.717) is 31.1 Å². The van der Waals surface area contributed by atoms with Crippen LogP contribution >= 0.6 is 0 Å². The van der Waals surface area contributed by atoms with E-state index in [4.69, 9.17) is 0 Å². The molecule has 5 rings (SSSR count). The van der Waals surface area contributed by atoms with Gasteiger partial charge in [0.25, 0.3) is 0 Å². The molecule has 2 fully saturated rings. The molecule has 0 saturated carbocycles. The Labute approximate surface area is 171 Å². The van der Waals surface area contributed by atoms with Crippen LogP contribution in [0.25, 0.3) is 0 Å². The first kappa shape index (κ1) is 19.0. The SMILES string of the molecule is O=C(Nc1ccccn1)N1c2nc(N3CCC[C@@H]3C(F)(F)F)ccc2N2CCC1C2. The second-order valence-corrected chi connectivity index (χ2v) is 7.81. The van der Waals surface area contributed by atoms with Crippen molar-refractivity contribution in [2.75, 3.05) is 39.7 Å². The van der Waals surface area contributed by atoms with E-state index in [0.717, 1.165) is 18.7 Å². The molecule has 2 saturated heterocycles. The Kier molecular flexibility index (Phi) is 4.44. The summed E-state index contributed by atoms with van der Waals surface area (Å²) in [6, 6.07) is 6.63. The Hall–Kier alpha value is -3.04. The molecular weight excluding hydrogens is 397 g/mol. The maximum Gasteiger partial charge on any atom is 0.408 e. The molecule has 2 bridgehead atoms. The van der Waals surface area contributed by atoms with Crippen LogP contribution in [-0.2, 0) is 0 Å². The van der Waals surface area contributed by atoms with Crippen molar-refractivity contribution >= 4 is 29.2 Å². The zero-order chi connectivity index (χ0) is 20.9. The predicted molar refractivity (Wildman–Crippen MR) is 107 cm³/mol. The van der Waals surface area contributed by atoms with Gasteiger partial charge in [0.15, 0.2) is 5.82 Å². The molecule has 0 spiro atoms. The third-order valence-corrected chi connectivity index (χ3v) is 5.98. The summed E-state index contributed by atoms with van der Waals surface area (Å²) < 4.78 is 40.4. The van der Waals surface area contributed by atoms with Crippen LogP contribution < -0.4 is 20.0 Å². The monoisotopic (exact) mass is 418 g/mol. The van der Waals surface area contributed by atoms with Crippen LogP contribution in [0.5, 0.6) is 0 Å². The number of anilines is 4. The quantitative estimate of drug-likeness (QED) is 0.807. The molecule has 1 unspecified atom stereocenters. The minimum atomic E-state index is -4.31. The van der Waals surface area contributed by atoms with Gasteiger partial charge in [-0.05, 0) is 43.5 Å². The smallest absolute Gasteiger partial charge is 0.366 e. The molecule has 7 nitrogen and oxygen atoms in total. The molecule has 2 aromatic rings. The van der Waals surface area contributed by atoms with Gasteiger partial charge in [-0.25, -0.2) is 14.8 Å². The Morgan fingerprint density at radius 2 is 2.00 bits per heavy atom. The molecule has 0 radical (unpaired) electrons. The van der Waals surface area contributed by atoms with Crippen LogP contribution in [0.1, 0.15) is 19.3 Å². The number of rotatable bonds is 2. The second kappa shape index (κ2) is 7.03. The summed E-state index contributed by atoms with van der Waals surface area (Å²) in [6.07, 6.45) is -1.44. The minimum Gasteiger partial charge on any atom is -0.366 e. The minimum absolute atomic E-state index is 0.0564. The lowest BCUT2D eigenvalue weighted by Gasteiger charge is -2.37. The summed E-state index contributed by atoms with van der Waals surface area (Å²) in [5, 5.41) is 2.78. The van der Waals surface area contributed by atoms with Crippen LogP contribution in [0, 0.1) is 0 Å². The van der Waals surface area contributed by atoms with Crippen LogP contribution in [0.4, 0.5) is 41.1 Å². The third kappa shape index (κ3) is 3.20. The van der Waals surface area contributed by atoms with Crippen molar-refractivity contribution in [2.45, 2.75) is 37.5 Å². The lowest BCUT2D eigenvalue weighted by atomic mass is 10.2. The van der Waals surface area contributed by atoms with E-state index in [-0.39, 0.29) is 24.3 Å². The van der Waals surface area contributed by atoms with E-state index in [1.165, 1.54) is 4.90 Å². The topological polar surface area (TPSA) is 64.6 Å². The second-order valence-electron chi connectivity index (χ2n) is 7.81. The summed E-state index contributed by atoms with van der Waals surface area (Å²) in [7, 11) is 0. The van der Waals surface area contributed by atoms with Gasteiger partial charge in [0.1, 0.15) is 17.7 Å². The molecule has 10 heteroatoms. The maximum absolute atomic E-state index is 13.5. The van der Waals surface area contributed by atoms with E-state index in [1.54, 1.807) is 41.4 Å². The number of pyridine rings is 2. The largest absolute Gasteiger partial charge is 0.408 e. The Morgan fingerprint density at radius 1 is 1.13 bits per heavy atom. The molecule has 30 heavy (non-hydrogen) atoms. The van der Waals surface area contributed by atoms with Crippen molar-refractivity contribution in [3.63, 3.8) is 0 Å². The first-order valence-electron chi connectivity index (χ1n) is 10.0. The standard InChI is InChI=1S/C20H21F3N6O/c21-20(22,23)15-4-3-10-28(15)17-7-6-14-18(26-17)29(13-8-11-27(14)12-13)19(30)25-16-5-1-2-9-24-16/h1-2,5-7,9,13,15H,3-4,8,10-12H2,(H,24,25,30)/t13?,15-/m1/s1. The summed E-state index contributed by atoms with van der Waals surface area (Å²) in [6.45, 7) is 1.75. The zero-order valence-electron chi connectivity index (χ0n) is 16.1. The van der Waals surface area contributed by atoms with Gasteiger partial charge in [0.05, 0.1) is 11.7 Å². The Balaban J connectivity index is 1.50. The molecule has 5 heterocycles. The average molecular weight is 418 g/mol. The van der Waals surface area contributed by atoms with E-state index in [2.05, 4.69) is 20.2 Å². The molecule has 0 aromatic carbocycles. The van der Waals surface area contributed by atoms with Crippen molar-refractivity contribution in [2.24, 2.45) is 0 Å². The maximum atomic E-state index is 13.5. The molecule has 1 N–H and O–H groups in total. The highest BCUT2D eigenvalue weighted by atomic mass is 19.4. The number of aromatic nitrogens is 2. The van der Waals surface area contributed by atoms with Crippen molar-refractivity contribution in [1.29, 1.82) is 0 Å². The first-order chi connectivity index (χ1) is 14.4. The molecule has 2 atom stereocenters. The number of amides is 2. The number of halogens is 3. The molecule has 3 aliphatic rings. The number of hydrogen-bond donors (Lipinski definition) is 1. The molecular formula is C20H21F3N6O. The van der Waals surface area contributed by atoms with Gasteiger partial charge in [-0.2, -0.15) is 13.2 Å². The summed E-state index contributed by atoms with van der Waals surface area (Å²) >= 11 is 0. The number of hydrogen-bond acceptors (Lipinski definition) is 5. The number of urea groups is 1. The fourth-order valence-corrected chi connectivity index (χ4v) is 4.61. The summed E-state index contributed by atoms with van der Waals surface area (Å²) in [5.74, 6) is 1.08.